The molecule has 120 valence electrons. The highest BCUT2D eigenvalue weighted by atomic mass is 16.5. The van der Waals surface area contributed by atoms with Crippen molar-refractivity contribution < 1.29 is 9.32 Å². The zero-order chi connectivity index (χ0) is 16.0. The number of nitrogens with one attached hydrogen (secondary N) is 1. The SMILES string of the molecule is CN(CCNC=O)c1ccc2c(c1)-c1onc(N)c1CC21CC1. The third kappa shape index (κ3) is 2.17. The number of anilines is 2. The van der Waals surface area contributed by atoms with Crippen molar-refractivity contribution in [3.63, 3.8) is 0 Å². The van der Waals surface area contributed by atoms with E-state index < -0.39 is 0 Å². The van der Waals surface area contributed by atoms with Gasteiger partial charge < -0.3 is 20.5 Å². The first-order chi connectivity index (χ1) is 11.1. The van der Waals surface area contributed by atoms with Crippen LogP contribution in [-0.4, -0.2) is 31.7 Å². The first-order valence-electron chi connectivity index (χ1n) is 7.92. The van der Waals surface area contributed by atoms with Crippen LogP contribution in [0, 0.1) is 0 Å². The van der Waals surface area contributed by atoms with Crippen molar-refractivity contribution in [2.45, 2.75) is 24.7 Å². The van der Waals surface area contributed by atoms with Crippen LogP contribution in [-0.2, 0) is 16.6 Å². The standard InChI is InChI=1S/C17H20N4O2/c1-21(7-6-19-10-22)11-2-3-14-12(8-11)15-13(16(18)20-23-15)9-17(14)4-5-17/h2-3,8,10H,4-7,9H2,1H3,(H2,18,20)(H,19,22). The second-order valence-electron chi connectivity index (χ2n) is 6.56. The molecule has 0 atom stereocenters. The molecule has 0 bridgehead atoms. The average molecular weight is 312 g/mol. The zero-order valence-corrected chi connectivity index (χ0v) is 13.1. The predicted molar refractivity (Wildman–Crippen MR) is 88.3 cm³/mol. The Balaban J connectivity index is 1.71. The smallest absolute Gasteiger partial charge is 0.207 e. The van der Waals surface area contributed by atoms with E-state index in [0.29, 0.717) is 12.4 Å². The number of nitrogens with two attached hydrogens (primary N) is 1. The van der Waals surface area contributed by atoms with Gasteiger partial charge in [0.25, 0.3) is 0 Å². The van der Waals surface area contributed by atoms with Crippen LogP contribution < -0.4 is 16.0 Å². The number of likely N-dealkylation sites (N-methyl/N-ethyl adjacent to an activating group) is 1. The molecule has 0 aliphatic heterocycles. The van der Waals surface area contributed by atoms with Crippen LogP contribution >= 0.6 is 0 Å². The number of benzene rings is 1. The molecule has 6 heteroatoms. The molecule has 1 aromatic carbocycles. The van der Waals surface area contributed by atoms with E-state index in [9.17, 15) is 4.79 Å². The molecule has 4 rings (SSSR count). The summed E-state index contributed by atoms with van der Waals surface area (Å²) in [7, 11) is 2.01. The minimum absolute atomic E-state index is 0.234. The molecule has 1 fully saturated rings. The fraction of sp³-hybridized carbons (Fsp3) is 0.412. The Bertz CT molecular complexity index is 764. The highest BCUT2D eigenvalue weighted by molar-refractivity contribution is 5.78. The summed E-state index contributed by atoms with van der Waals surface area (Å²) in [4.78, 5) is 12.5. The van der Waals surface area contributed by atoms with Gasteiger partial charge in [-0.3, -0.25) is 4.79 Å². The molecule has 2 aliphatic carbocycles. The molecule has 23 heavy (non-hydrogen) atoms. The van der Waals surface area contributed by atoms with E-state index in [4.69, 9.17) is 10.3 Å². The predicted octanol–water partition coefficient (Wildman–Crippen LogP) is 1.69. The summed E-state index contributed by atoms with van der Waals surface area (Å²) in [5, 5.41) is 6.65. The van der Waals surface area contributed by atoms with Crippen molar-refractivity contribution in [1.29, 1.82) is 0 Å². The highest BCUT2D eigenvalue weighted by Crippen LogP contribution is 2.58. The lowest BCUT2D eigenvalue weighted by molar-refractivity contribution is -0.109. The van der Waals surface area contributed by atoms with E-state index in [0.717, 1.165) is 42.0 Å². The number of amides is 1. The number of hydrogen-bond acceptors (Lipinski definition) is 5. The minimum atomic E-state index is 0.234. The van der Waals surface area contributed by atoms with Gasteiger partial charge in [0.2, 0.25) is 6.41 Å². The van der Waals surface area contributed by atoms with Gasteiger partial charge in [-0.05, 0) is 37.0 Å². The van der Waals surface area contributed by atoms with Crippen LogP contribution in [0.25, 0.3) is 11.3 Å². The molecule has 1 aromatic heterocycles. The molecule has 3 N–H and O–H groups in total. The Labute approximate surface area is 134 Å². The average Bonchev–Trinajstić information content (AvgIpc) is 3.24. The van der Waals surface area contributed by atoms with Crippen molar-refractivity contribution in [2.24, 2.45) is 0 Å². The molecule has 1 heterocycles. The second kappa shape index (κ2) is 5.01. The van der Waals surface area contributed by atoms with Crippen molar-refractivity contribution in [3.05, 3.63) is 29.3 Å². The van der Waals surface area contributed by atoms with Gasteiger partial charge in [0.15, 0.2) is 11.6 Å². The summed E-state index contributed by atoms with van der Waals surface area (Å²) in [6, 6.07) is 6.51. The topological polar surface area (TPSA) is 84.4 Å². The van der Waals surface area contributed by atoms with Crippen LogP contribution in [0.4, 0.5) is 11.5 Å². The van der Waals surface area contributed by atoms with Crippen molar-refractivity contribution in [3.8, 4) is 11.3 Å². The molecule has 0 saturated heterocycles. The highest BCUT2D eigenvalue weighted by Gasteiger charge is 2.50. The molecule has 1 amide bonds. The maximum Gasteiger partial charge on any atom is 0.207 e. The Kier molecular flexibility index (Phi) is 3.07. The third-order valence-corrected chi connectivity index (χ3v) is 5.12. The lowest BCUT2D eigenvalue weighted by Crippen LogP contribution is -2.28. The van der Waals surface area contributed by atoms with Gasteiger partial charge in [-0.25, -0.2) is 0 Å². The molecule has 6 nitrogen and oxygen atoms in total. The molecule has 1 saturated carbocycles. The fourth-order valence-corrected chi connectivity index (χ4v) is 3.57. The van der Waals surface area contributed by atoms with Gasteiger partial charge in [-0.1, -0.05) is 11.2 Å². The van der Waals surface area contributed by atoms with Gasteiger partial charge in [0.1, 0.15) is 0 Å². The van der Waals surface area contributed by atoms with Crippen LogP contribution in [0.15, 0.2) is 22.7 Å². The molecule has 1 spiro atoms. The normalized spacial score (nSPS) is 16.6. The van der Waals surface area contributed by atoms with E-state index in [1.54, 1.807) is 0 Å². The molecule has 0 radical (unpaired) electrons. The lowest BCUT2D eigenvalue weighted by Gasteiger charge is -2.27. The third-order valence-electron chi connectivity index (χ3n) is 5.12. The lowest BCUT2D eigenvalue weighted by atomic mass is 9.79. The molecule has 0 unspecified atom stereocenters. The maximum atomic E-state index is 10.4. The van der Waals surface area contributed by atoms with Crippen LogP contribution in [0.2, 0.25) is 0 Å². The van der Waals surface area contributed by atoms with Gasteiger partial charge in [0.05, 0.1) is 0 Å². The Hall–Kier alpha value is -2.50. The first-order valence-corrected chi connectivity index (χ1v) is 7.92. The number of aromatic nitrogens is 1. The largest absolute Gasteiger partial charge is 0.381 e. The van der Waals surface area contributed by atoms with E-state index in [2.05, 4.69) is 33.6 Å². The van der Waals surface area contributed by atoms with Crippen molar-refractivity contribution in [1.82, 2.24) is 10.5 Å². The number of nitrogens with zero attached hydrogens (tertiary/aromatic N) is 2. The number of hydrogen-bond donors (Lipinski definition) is 2. The van der Waals surface area contributed by atoms with Gasteiger partial charge in [-0.15, -0.1) is 0 Å². The van der Waals surface area contributed by atoms with Crippen LogP contribution in [0.1, 0.15) is 24.0 Å². The molecule has 2 aliphatic rings. The van der Waals surface area contributed by atoms with Crippen LogP contribution in [0.5, 0.6) is 0 Å². The van der Waals surface area contributed by atoms with Gasteiger partial charge in [0, 0.05) is 42.4 Å². The molecular weight excluding hydrogens is 292 g/mol. The summed E-state index contributed by atoms with van der Waals surface area (Å²) >= 11 is 0. The molecule has 2 aromatic rings. The Morgan fingerprint density at radius 3 is 3.04 bits per heavy atom. The maximum absolute atomic E-state index is 10.4. The zero-order valence-electron chi connectivity index (χ0n) is 13.1. The Morgan fingerprint density at radius 1 is 1.48 bits per heavy atom. The van der Waals surface area contributed by atoms with E-state index in [-0.39, 0.29) is 5.41 Å². The summed E-state index contributed by atoms with van der Waals surface area (Å²) < 4.78 is 5.52. The summed E-state index contributed by atoms with van der Waals surface area (Å²) in [5.74, 6) is 1.34. The number of carbonyl (C=O) groups excluding carboxylic acids is 1. The number of carbonyl (C=O) groups is 1. The molecular formula is C17H20N4O2. The monoisotopic (exact) mass is 312 g/mol. The first kappa shape index (κ1) is 14.1. The number of rotatable bonds is 5. The summed E-state index contributed by atoms with van der Waals surface area (Å²) in [5.41, 5.74) is 10.8. The minimum Gasteiger partial charge on any atom is -0.381 e. The Morgan fingerprint density at radius 2 is 2.30 bits per heavy atom. The number of nitrogen functional groups attached to an aromatic ring is 1. The quantitative estimate of drug-likeness (QED) is 0.648. The summed E-state index contributed by atoms with van der Waals surface area (Å²) in [6.45, 7) is 1.36. The summed E-state index contributed by atoms with van der Waals surface area (Å²) in [6.07, 6.45) is 4.05. The van der Waals surface area contributed by atoms with E-state index in [1.165, 1.54) is 18.4 Å². The fourth-order valence-electron chi connectivity index (χ4n) is 3.57. The van der Waals surface area contributed by atoms with E-state index >= 15 is 0 Å². The van der Waals surface area contributed by atoms with Crippen molar-refractivity contribution >= 4 is 17.9 Å². The number of fused-ring (bicyclic) bond motifs is 4. The second-order valence-corrected chi connectivity index (χ2v) is 6.56. The van der Waals surface area contributed by atoms with Gasteiger partial charge >= 0.3 is 0 Å². The van der Waals surface area contributed by atoms with Crippen molar-refractivity contribution in [2.75, 3.05) is 30.8 Å². The van der Waals surface area contributed by atoms with Crippen LogP contribution in [0.3, 0.4) is 0 Å². The van der Waals surface area contributed by atoms with Gasteiger partial charge in [-0.2, -0.15) is 0 Å². The van der Waals surface area contributed by atoms with E-state index in [1.807, 2.05) is 7.05 Å².